The zero-order valence-electron chi connectivity index (χ0n) is 14.0. The van der Waals surface area contributed by atoms with Crippen LogP contribution < -0.4 is 16.0 Å². The molecule has 7 heteroatoms. The Balaban J connectivity index is 3.25. The summed E-state index contributed by atoms with van der Waals surface area (Å²) < 4.78 is 0. The molecular weight excluding hydrogens is 298 g/mol. The number of benzene rings is 1. The molecule has 0 spiro atoms. The van der Waals surface area contributed by atoms with Gasteiger partial charge in [-0.3, -0.25) is 9.59 Å². The van der Waals surface area contributed by atoms with Crippen molar-refractivity contribution in [3.05, 3.63) is 23.8 Å². The van der Waals surface area contributed by atoms with Crippen LogP contribution in [0.2, 0.25) is 0 Å². The van der Waals surface area contributed by atoms with Gasteiger partial charge in [-0.1, -0.05) is 13.0 Å². The van der Waals surface area contributed by atoms with Gasteiger partial charge in [0, 0.05) is 26.8 Å². The lowest BCUT2D eigenvalue weighted by Crippen LogP contribution is -2.55. The van der Waals surface area contributed by atoms with Gasteiger partial charge in [-0.05, 0) is 24.6 Å². The summed E-state index contributed by atoms with van der Waals surface area (Å²) in [6, 6.07) is 5.20. The third-order valence-corrected chi connectivity index (χ3v) is 3.87. The highest BCUT2D eigenvalue weighted by Crippen LogP contribution is 2.33. The van der Waals surface area contributed by atoms with Crippen molar-refractivity contribution >= 4 is 29.2 Å². The van der Waals surface area contributed by atoms with Crippen LogP contribution in [0, 0.1) is 0 Å². The molecule has 0 bridgehead atoms. The van der Waals surface area contributed by atoms with E-state index in [4.69, 9.17) is 0 Å². The smallest absolute Gasteiger partial charge is 0.329 e. The van der Waals surface area contributed by atoms with Gasteiger partial charge in [0.2, 0.25) is 11.8 Å². The molecule has 126 valence electrons. The summed E-state index contributed by atoms with van der Waals surface area (Å²) >= 11 is 0. The number of nitrogens with one attached hydrogen (secondary N) is 3. The lowest BCUT2D eigenvalue weighted by atomic mass is 9.81. The number of carboxylic acid groups (broad SMARTS) is 1. The van der Waals surface area contributed by atoms with Crippen molar-refractivity contribution < 1.29 is 19.5 Å². The summed E-state index contributed by atoms with van der Waals surface area (Å²) in [4.78, 5) is 34.2. The fourth-order valence-corrected chi connectivity index (χ4v) is 2.38. The molecule has 0 fully saturated rings. The van der Waals surface area contributed by atoms with Crippen LogP contribution in [-0.2, 0) is 14.4 Å². The molecule has 2 amide bonds. The molecule has 1 aromatic rings. The third-order valence-electron chi connectivity index (χ3n) is 3.87. The van der Waals surface area contributed by atoms with Crippen LogP contribution in [0.25, 0.3) is 0 Å². The fourth-order valence-electron chi connectivity index (χ4n) is 2.38. The van der Waals surface area contributed by atoms with Crippen LogP contribution in [0.4, 0.5) is 11.4 Å². The second-order valence-electron chi connectivity index (χ2n) is 5.65. The van der Waals surface area contributed by atoms with Crippen molar-refractivity contribution in [2.75, 3.05) is 17.7 Å². The maximum Gasteiger partial charge on any atom is 0.329 e. The average Bonchev–Trinajstić information content (AvgIpc) is 2.45. The van der Waals surface area contributed by atoms with E-state index in [2.05, 4.69) is 16.0 Å². The number of carboxylic acids is 1. The summed E-state index contributed by atoms with van der Waals surface area (Å²) in [5.74, 6) is -2.21. The minimum atomic E-state index is -1.44. The number of rotatable bonds is 6. The van der Waals surface area contributed by atoms with E-state index in [-0.39, 0.29) is 5.91 Å². The minimum absolute atomic E-state index is 0.198. The van der Waals surface area contributed by atoms with Crippen molar-refractivity contribution in [1.29, 1.82) is 0 Å². The molecule has 0 heterocycles. The van der Waals surface area contributed by atoms with Crippen LogP contribution in [0.5, 0.6) is 0 Å². The van der Waals surface area contributed by atoms with Gasteiger partial charge in [-0.25, -0.2) is 4.79 Å². The fraction of sp³-hybridized carbons (Fsp3) is 0.438. The van der Waals surface area contributed by atoms with Crippen LogP contribution in [-0.4, -0.2) is 35.5 Å². The van der Waals surface area contributed by atoms with E-state index < -0.39 is 23.3 Å². The van der Waals surface area contributed by atoms with Gasteiger partial charge in [0.25, 0.3) is 0 Å². The normalized spacial score (nSPS) is 14.3. The first-order valence-corrected chi connectivity index (χ1v) is 7.23. The molecule has 4 N–H and O–H groups in total. The third kappa shape index (κ3) is 4.21. The molecule has 0 radical (unpaired) electrons. The summed E-state index contributed by atoms with van der Waals surface area (Å²) in [6.07, 6.45) is 0. The predicted octanol–water partition coefficient (Wildman–Crippen LogP) is 1.77. The van der Waals surface area contributed by atoms with E-state index in [1.807, 2.05) is 0 Å². The van der Waals surface area contributed by atoms with Gasteiger partial charge >= 0.3 is 5.97 Å². The Kier molecular flexibility index (Phi) is 5.73. The second kappa shape index (κ2) is 7.13. The molecular formula is C16H23N3O4. The molecule has 0 aliphatic heterocycles. The van der Waals surface area contributed by atoms with Crippen LogP contribution in [0.15, 0.2) is 18.2 Å². The second-order valence-corrected chi connectivity index (χ2v) is 5.65. The molecule has 0 aliphatic carbocycles. The van der Waals surface area contributed by atoms with Gasteiger partial charge in [-0.15, -0.1) is 0 Å². The topological polar surface area (TPSA) is 108 Å². The van der Waals surface area contributed by atoms with Gasteiger partial charge in [0.1, 0.15) is 5.54 Å². The number of hydrogen-bond acceptors (Lipinski definition) is 4. The van der Waals surface area contributed by atoms with E-state index >= 15 is 0 Å². The van der Waals surface area contributed by atoms with Gasteiger partial charge in [-0.2, -0.15) is 0 Å². The van der Waals surface area contributed by atoms with Gasteiger partial charge in [0.15, 0.2) is 0 Å². The first kappa shape index (κ1) is 18.5. The quantitative estimate of drug-likeness (QED) is 0.639. The predicted molar refractivity (Wildman–Crippen MR) is 88.6 cm³/mol. The highest BCUT2D eigenvalue weighted by atomic mass is 16.4. The molecule has 2 unspecified atom stereocenters. The van der Waals surface area contributed by atoms with Crippen molar-refractivity contribution in [3.63, 3.8) is 0 Å². The summed E-state index contributed by atoms with van der Waals surface area (Å²) in [5.41, 5.74) is 0.557. The molecule has 1 aromatic carbocycles. The monoisotopic (exact) mass is 321 g/mol. The maximum atomic E-state index is 11.7. The number of carbonyl (C=O) groups is 3. The highest BCUT2D eigenvalue weighted by Gasteiger charge is 2.40. The highest BCUT2D eigenvalue weighted by molar-refractivity contribution is 5.93. The molecule has 0 aliphatic rings. The minimum Gasteiger partial charge on any atom is -0.479 e. The Morgan fingerprint density at radius 3 is 2.17 bits per heavy atom. The van der Waals surface area contributed by atoms with Crippen molar-refractivity contribution in [3.8, 4) is 0 Å². The standard InChI is InChI=1S/C16H23N3O4/c1-9(16(4,15(22)23)19-11(3)21)12-6-7-13(18-10(2)20)14(8-12)17-5/h6-9,17H,1-5H3,(H,18,20)(H,19,21)(H,22,23). The number of carbonyl (C=O) groups excluding carboxylic acids is 2. The summed E-state index contributed by atoms with van der Waals surface area (Å²) in [6.45, 7) is 5.90. The van der Waals surface area contributed by atoms with Crippen LogP contribution >= 0.6 is 0 Å². The molecule has 0 saturated carbocycles. The van der Waals surface area contributed by atoms with E-state index in [9.17, 15) is 19.5 Å². The van der Waals surface area contributed by atoms with E-state index in [0.29, 0.717) is 11.4 Å². The largest absolute Gasteiger partial charge is 0.479 e. The molecule has 7 nitrogen and oxygen atoms in total. The SMILES string of the molecule is CNc1cc(C(C)C(C)(NC(C)=O)C(=O)O)ccc1NC(C)=O. The Morgan fingerprint density at radius 2 is 1.74 bits per heavy atom. The number of anilines is 2. The van der Waals surface area contributed by atoms with Gasteiger partial charge in [0.05, 0.1) is 11.4 Å². The number of aliphatic carboxylic acids is 1. The zero-order chi connectivity index (χ0) is 17.8. The molecule has 0 aromatic heterocycles. The average molecular weight is 321 g/mol. The summed E-state index contributed by atoms with van der Waals surface area (Å²) in [7, 11) is 1.71. The first-order chi connectivity index (χ1) is 10.6. The zero-order valence-corrected chi connectivity index (χ0v) is 14.0. The van der Waals surface area contributed by atoms with Crippen molar-refractivity contribution in [1.82, 2.24) is 5.32 Å². The lowest BCUT2D eigenvalue weighted by molar-refractivity contribution is -0.147. The van der Waals surface area contributed by atoms with E-state index in [1.54, 1.807) is 32.2 Å². The molecule has 1 rings (SSSR count). The molecule has 0 saturated heterocycles. The molecule has 23 heavy (non-hydrogen) atoms. The number of amides is 2. The Labute approximate surface area is 135 Å². The van der Waals surface area contributed by atoms with Crippen molar-refractivity contribution in [2.24, 2.45) is 0 Å². The Hall–Kier alpha value is -2.57. The van der Waals surface area contributed by atoms with Gasteiger partial charge < -0.3 is 21.1 Å². The molecule has 2 atom stereocenters. The van der Waals surface area contributed by atoms with Crippen molar-refractivity contribution in [2.45, 2.75) is 39.2 Å². The summed E-state index contributed by atoms with van der Waals surface area (Å²) in [5, 5.41) is 17.7. The maximum absolute atomic E-state index is 11.7. The first-order valence-electron chi connectivity index (χ1n) is 7.23. The van der Waals surface area contributed by atoms with Crippen LogP contribution in [0.1, 0.15) is 39.2 Å². The van der Waals surface area contributed by atoms with E-state index in [1.165, 1.54) is 20.8 Å². The van der Waals surface area contributed by atoms with Crippen LogP contribution in [0.3, 0.4) is 0 Å². The Bertz CT molecular complexity index is 630. The lowest BCUT2D eigenvalue weighted by Gasteiger charge is -2.32. The Morgan fingerprint density at radius 1 is 1.13 bits per heavy atom. The number of hydrogen-bond donors (Lipinski definition) is 4. The van der Waals surface area contributed by atoms with E-state index in [0.717, 1.165) is 5.56 Å².